The fourth-order valence-electron chi connectivity index (χ4n) is 4.97. The molecular formula is C28H27ClN4O5S. The van der Waals surface area contributed by atoms with Gasteiger partial charge < -0.3 is 14.2 Å². The Balaban J connectivity index is 1.35. The molecule has 5 rings (SSSR count). The molecule has 2 aromatic carbocycles. The summed E-state index contributed by atoms with van der Waals surface area (Å²) in [7, 11) is 0. The molecule has 3 aromatic rings. The molecule has 2 saturated heterocycles. The van der Waals surface area contributed by atoms with Crippen LogP contribution in [-0.4, -0.2) is 51.8 Å². The Morgan fingerprint density at radius 1 is 1.08 bits per heavy atom. The average molecular weight is 567 g/mol. The average Bonchev–Trinajstić information content (AvgIpc) is 3.60. The zero-order valence-electron chi connectivity index (χ0n) is 21.6. The Bertz CT molecular complexity index is 1480. The Labute approximate surface area is 235 Å². The number of imide groups is 1. The summed E-state index contributed by atoms with van der Waals surface area (Å²) in [5.74, 6) is 0.225. The van der Waals surface area contributed by atoms with Crippen molar-refractivity contribution in [2.75, 3.05) is 31.1 Å². The zero-order valence-corrected chi connectivity index (χ0v) is 23.1. The van der Waals surface area contributed by atoms with Crippen LogP contribution in [0.25, 0.3) is 11.8 Å². The van der Waals surface area contributed by atoms with Crippen molar-refractivity contribution >= 4 is 52.0 Å². The summed E-state index contributed by atoms with van der Waals surface area (Å²) < 4.78 is 7.57. The Hall–Kier alpha value is -3.76. The minimum Gasteiger partial charge on any atom is -0.492 e. The van der Waals surface area contributed by atoms with E-state index < -0.39 is 0 Å². The van der Waals surface area contributed by atoms with Crippen LogP contribution in [0.15, 0.2) is 53.4 Å². The summed E-state index contributed by atoms with van der Waals surface area (Å²) >= 11 is 6.77. The standard InChI is InChI=1S/C28H27ClN4O5S/c1-18-15-20(16-26-27(34)31(28(35)39-26)13-14-38-23-8-5-21(29)6-9-23)19(2)32(18)22-7-10-24(25(17-22)33(36)37)30-11-3-4-12-30/h5-10,15-17H,3-4,11-14H2,1-2H3/b26-16-. The van der Waals surface area contributed by atoms with Gasteiger partial charge in [-0.25, -0.2) is 0 Å². The molecule has 0 atom stereocenters. The number of nitrogens with zero attached hydrogens (tertiary/aromatic N) is 4. The van der Waals surface area contributed by atoms with Crippen LogP contribution < -0.4 is 9.64 Å². The van der Waals surface area contributed by atoms with Crippen LogP contribution in [-0.2, 0) is 4.79 Å². The summed E-state index contributed by atoms with van der Waals surface area (Å²) in [5, 5.41) is 12.1. The van der Waals surface area contributed by atoms with Gasteiger partial charge in [0.05, 0.1) is 22.1 Å². The number of aryl methyl sites for hydroxylation is 1. The molecule has 0 unspecified atom stereocenters. The molecule has 0 aliphatic carbocycles. The summed E-state index contributed by atoms with van der Waals surface area (Å²) in [6.07, 6.45) is 3.76. The third-order valence-corrected chi connectivity index (χ3v) is 8.05. The van der Waals surface area contributed by atoms with E-state index in [1.165, 1.54) is 4.90 Å². The molecule has 2 aliphatic rings. The maximum absolute atomic E-state index is 13.0. The van der Waals surface area contributed by atoms with Crippen molar-refractivity contribution < 1.29 is 19.2 Å². The summed E-state index contributed by atoms with van der Waals surface area (Å²) in [4.78, 5) is 40.7. The van der Waals surface area contributed by atoms with Gasteiger partial charge in [-0.2, -0.15) is 0 Å². The number of hydrogen-bond donors (Lipinski definition) is 0. The Morgan fingerprint density at radius 3 is 2.49 bits per heavy atom. The molecule has 0 spiro atoms. The van der Waals surface area contributed by atoms with Crippen molar-refractivity contribution in [1.82, 2.24) is 9.47 Å². The molecule has 2 aliphatic heterocycles. The number of hydrogen-bond acceptors (Lipinski definition) is 7. The molecule has 202 valence electrons. The van der Waals surface area contributed by atoms with E-state index in [0.29, 0.717) is 27.1 Å². The normalized spacial score (nSPS) is 16.5. The van der Waals surface area contributed by atoms with Crippen LogP contribution in [0.5, 0.6) is 5.75 Å². The molecule has 9 nitrogen and oxygen atoms in total. The molecule has 1 aromatic heterocycles. The lowest BCUT2D eigenvalue weighted by Crippen LogP contribution is -2.32. The first-order valence-electron chi connectivity index (χ1n) is 12.6. The number of nitro benzene ring substituents is 1. The number of carbonyl (C=O) groups excluding carboxylic acids is 2. The molecule has 0 bridgehead atoms. The predicted molar refractivity (Wildman–Crippen MR) is 153 cm³/mol. The molecule has 39 heavy (non-hydrogen) atoms. The van der Waals surface area contributed by atoms with E-state index in [2.05, 4.69) is 4.90 Å². The summed E-state index contributed by atoms with van der Waals surface area (Å²) in [5.41, 5.74) is 3.82. The zero-order chi connectivity index (χ0) is 27.7. The first kappa shape index (κ1) is 26.8. The van der Waals surface area contributed by atoms with Gasteiger partial charge in [0.25, 0.3) is 16.8 Å². The van der Waals surface area contributed by atoms with Crippen molar-refractivity contribution in [2.24, 2.45) is 0 Å². The van der Waals surface area contributed by atoms with Crippen molar-refractivity contribution in [1.29, 1.82) is 0 Å². The second-order valence-electron chi connectivity index (χ2n) is 9.42. The number of carbonyl (C=O) groups is 2. The van der Waals surface area contributed by atoms with Gasteiger partial charge in [-0.1, -0.05) is 11.6 Å². The SMILES string of the molecule is Cc1cc(/C=C2\SC(=O)N(CCOc3ccc(Cl)cc3)C2=O)c(C)n1-c1ccc(N2CCCC2)c([N+](=O)[O-])c1. The van der Waals surface area contributed by atoms with Gasteiger partial charge in [0, 0.05) is 35.6 Å². The molecule has 11 heteroatoms. The molecule has 0 radical (unpaired) electrons. The highest BCUT2D eigenvalue weighted by Gasteiger charge is 2.35. The summed E-state index contributed by atoms with van der Waals surface area (Å²) in [6.45, 7) is 5.71. The minimum absolute atomic E-state index is 0.0744. The monoisotopic (exact) mass is 566 g/mol. The lowest BCUT2D eigenvalue weighted by atomic mass is 10.2. The lowest BCUT2D eigenvalue weighted by molar-refractivity contribution is -0.384. The first-order chi connectivity index (χ1) is 18.7. The number of aromatic nitrogens is 1. The van der Waals surface area contributed by atoms with Gasteiger partial charge in [-0.05, 0) is 92.6 Å². The minimum atomic E-state index is -0.375. The molecular weight excluding hydrogens is 540 g/mol. The van der Waals surface area contributed by atoms with Crippen molar-refractivity contribution in [3.8, 4) is 11.4 Å². The number of ether oxygens (including phenoxy) is 1. The van der Waals surface area contributed by atoms with Gasteiger partial charge >= 0.3 is 0 Å². The van der Waals surface area contributed by atoms with Gasteiger partial charge in [0.15, 0.2) is 0 Å². The molecule has 0 N–H and O–H groups in total. The topological polar surface area (TPSA) is 97.9 Å². The first-order valence-corrected chi connectivity index (χ1v) is 13.8. The maximum atomic E-state index is 13.0. The number of anilines is 1. The number of amides is 2. The number of thioether (sulfide) groups is 1. The van der Waals surface area contributed by atoms with Crippen LogP contribution in [0, 0.1) is 24.0 Å². The van der Waals surface area contributed by atoms with Crippen LogP contribution in [0.3, 0.4) is 0 Å². The van der Waals surface area contributed by atoms with Gasteiger partial charge in [0.1, 0.15) is 18.0 Å². The predicted octanol–water partition coefficient (Wildman–Crippen LogP) is 6.37. The third kappa shape index (κ3) is 5.53. The molecule has 3 heterocycles. The van der Waals surface area contributed by atoms with E-state index in [0.717, 1.165) is 54.6 Å². The highest BCUT2D eigenvalue weighted by molar-refractivity contribution is 8.18. The highest BCUT2D eigenvalue weighted by atomic mass is 35.5. The number of nitro groups is 1. The van der Waals surface area contributed by atoms with Crippen molar-refractivity contribution in [3.05, 3.63) is 85.5 Å². The fourth-order valence-corrected chi connectivity index (χ4v) is 5.96. The molecule has 2 amide bonds. The van der Waals surface area contributed by atoms with Crippen molar-refractivity contribution in [2.45, 2.75) is 26.7 Å². The van der Waals surface area contributed by atoms with Gasteiger partial charge in [-0.3, -0.25) is 24.6 Å². The number of benzene rings is 2. The van der Waals surface area contributed by atoms with Crippen LogP contribution in [0.1, 0.15) is 29.8 Å². The molecule has 0 saturated carbocycles. The van der Waals surface area contributed by atoms with Gasteiger partial charge in [0.2, 0.25) is 0 Å². The Morgan fingerprint density at radius 2 is 1.79 bits per heavy atom. The quantitative estimate of drug-likeness (QED) is 0.177. The third-order valence-electron chi connectivity index (χ3n) is 6.89. The molecule has 2 fully saturated rings. The number of halogens is 1. The Kier molecular flexibility index (Phi) is 7.67. The van der Waals surface area contributed by atoms with E-state index in [-0.39, 0.29) is 34.9 Å². The van der Waals surface area contributed by atoms with E-state index >= 15 is 0 Å². The highest BCUT2D eigenvalue weighted by Crippen LogP contribution is 2.36. The largest absolute Gasteiger partial charge is 0.492 e. The van der Waals surface area contributed by atoms with Gasteiger partial charge in [-0.15, -0.1) is 0 Å². The van der Waals surface area contributed by atoms with Crippen LogP contribution >= 0.6 is 23.4 Å². The number of rotatable bonds is 8. The van der Waals surface area contributed by atoms with Crippen LogP contribution in [0.2, 0.25) is 5.02 Å². The van der Waals surface area contributed by atoms with Crippen molar-refractivity contribution in [3.63, 3.8) is 0 Å². The second-order valence-corrected chi connectivity index (χ2v) is 10.9. The van der Waals surface area contributed by atoms with E-state index in [9.17, 15) is 19.7 Å². The van der Waals surface area contributed by atoms with E-state index in [1.807, 2.05) is 36.6 Å². The lowest BCUT2D eigenvalue weighted by Gasteiger charge is -2.19. The fraction of sp³-hybridized carbons (Fsp3) is 0.286. The van der Waals surface area contributed by atoms with E-state index in [1.54, 1.807) is 36.4 Å². The maximum Gasteiger partial charge on any atom is 0.294 e. The van der Waals surface area contributed by atoms with E-state index in [4.69, 9.17) is 16.3 Å². The smallest absolute Gasteiger partial charge is 0.294 e. The van der Waals surface area contributed by atoms with Crippen LogP contribution in [0.4, 0.5) is 16.2 Å². The second kappa shape index (κ2) is 11.2. The summed E-state index contributed by atoms with van der Waals surface area (Å²) in [6, 6.07) is 14.1.